The Morgan fingerprint density at radius 3 is 2.69 bits per heavy atom. The fraction of sp³-hybridized carbons (Fsp3) is 0.273. The number of hydrogen-bond donors (Lipinski definition) is 1. The van der Waals surface area contributed by atoms with Crippen LogP contribution in [0.3, 0.4) is 0 Å². The number of thiophene rings is 1. The lowest BCUT2D eigenvalue weighted by Crippen LogP contribution is -2.14. The van der Waals surface area contributed by atoms with Gasteiger partial charge in [0.05, 0.1) is 12.0 Å². The molecular weight excluding hydrogens is 226 g/mol. The SMILES string of the molecule is CN=C(C)C(C(=O)OC)=C(O)c1cccs1. The number of nitrogens with zero attached hydrogens (tertiary/aromatic N) is 1. The average Bonchev–Trinajstić information content (AvgIpc) is 2.81. The van der Waals surface area contributed by atoms with Crippen LogP contribution in [-0.2, 0) is 9.53 Å². The molecule has 0 amide bonds. The second-order valence-corrected chi connectivity index (χ2v) is 3.95. The van der Waals surface area contributed by atoms with E-state index in [0.717, 1.165) is 0 Å². The molecule has 0 aliphatic rings. The van der Waals surface area contributed by atoms with Gasteiger partial charge in [0.15, 0.2) is 0 Å². The highest BCUT2D eigenvalue weighted by molar-refractivity contribution is 7.11. The van der Waals surface area contributed by atoms with Crippen LogP contribution in [0.4, 0.5) is 0 Å². The Balaban J connectivity index is 3.29. The van der Waals surface area contributed by atoms with Gasteiger partial charge in [0, 0.05) is 12.8 Å². The minimum absolute atomic E-state index is 0.0926. The number of hydrogen-bond acceptors (Lipinski definition) is 5. The highest BCUT2D eigenvalue weighted by Gasteiger charge is 2.20. The molecule has 0 saturated heterocycles. The predicted molar refractivity (Wildman–Crippen MR) is 64.9 cm³/mol. The van der Waals surface area contributed by atoms with Crippen molar-refractivity contribution in [1.29, 1.82) is 0 Å². The second kappa shape index (κ2) is 5.46. The highest BCUT2D eigenvalue weighted by Crippen LogP contribution is 2.22. The third kappa shape index (κ3) is 2.49. The quantitative estimate of drug-likeness (QED) is 0.381. The van der Waals surface area contributed by atoms with E-state index in [4.69, 9.17) is 0 Å². The number of esters is 1. The number of rotatable bonds is 3. The predicted octanol–water partition coefficient (Wildman–Crippen LogP) is 2.28. The molecule has 16 heavy (non-hydrogen) atoms. The van der Waals surface area contributed by atoms with Crippen molar-refractivity contribution in [2.24, 2.45) is 4.99 Å². The van der Waals surface area contributed by atoms with Gasteiger partial charge in [-0.25, -0.2) is 4.79 Å². The molecule has 0 atom stereocenters. The Labute approximate surface area is 97.9 Å². The van der Waals surface area contributed by atoms with Crippen molar-refractivity contribution in [1.82, 2.24) is 0 Å². The van der Waals surface area contributed by atoms with E-state index in [1.54, 1.807) is 26.1 Å². The molecule has 0 aromatic carbocycles. The van der Waals surface area contributed by atoms with Crippen molar-refractivity contribution < 1.29 is 14.6 Å². The first-order chi connectivity index (χ1) is 7.61. The number of aliphatic hydroxyl groups is 1. The molecular formula is C11H13NO3S. The number of carbonyl (C=O) groups excluding carboxylic acids is 1. The Bertz CT molecular complexity index is 432. The molecule has 1 rings (SSSR count). The lowest BCUT2D eigenvalue weighted by molar-refractivity contribution is -0.135. The molecule has 0 unspecified atom stereocenters. The van der Waals surface area contributed by atoms with E-state index in [0.29, 0.717) is 10.6 Å². The standard InChI is InChI=1S/C11H13NO3S/c1-7(12-2)9(11(14)15-3)10(13)8-5-4-6-16-8/h4-6,13H,1-3H3. The molecule has 0 aliphatic heterocycles. The summed E-state index contributed by atoms with van der Waals surface area (Å²) in [4.78, 5) is 16.0. The van der Waals surface area contributed by atoms with Gasteiger partial charge in [-0.2, -0.15) is 0 Å². The van der Waals surface area contributed by atoms with E-state index >= 15 is 0 Å². The number of methoxy groups -OCH3 is 1. The summed E-state index contributed by atoms with van der Waals surface area (Å²) >= 11 is 1.34. The normalized spacial score (nSPS) is 13.3. The summed E-state index contributed by atoms with van der Waals surface area (Å²) in [7, 11) is 2.83. The van der Waals surface area contributed by atoms with E-state index in [-0.39, 0.29) is 11.3 Å². The van der Waals surface area contributed by atoms with Crippen LogP contribution in [0.2, 0.25) is 0 Å². The third-order valence-corrected chi connectivity index (χ3v) is 2.95. The van der Waals surface area contributed by atoms with Crippen molar-refractivity contribution in [3.8, 4) is 0 Å². The zero-order chi connectivity index (χ0) is 12.1. The van der Waals surface area contributed by atoms with Crippen molar-refractivity contribution in [2.45, 2.75) is 6.92 Å². The van der Waals surface area contributed by atoms with Gasteiger partial charge in [-0.15, -0.1) is 11.3 Å². The maximum atomic E-state index is 11.5. The van der Waals surface area contributed by atoms with Gasteiger partial charge >= 0.3 is 5.97 Å². The fourth-order valence-corrected chi connectivity index (χ4v) is 1.84. The Hall–Kier alpha value is -1.62. The van der Waals surface area contributed by atoms with Gasteiger partial charge in [-0.1, -0.05) is 6.07 Å². The fourth-order valence-electron chi connectivity index (χ4n) is 1.17. The van der Waals surface area contributed by atoms with E-state index in [1.165, 1.54) is 18.4 Å². The van der Waals surface area contributed by atoms with Gasteiger partial charge in [0.25, 0.3) is 0 Å². The van der Waals surface area contributed by atoms with Crippen LogP contribution >= 0.6 is 11.3 Å². The lowest BCUT2D eigenvalue weighted by Gasteiger charge is -2.07. The molecule has 86 valence electrons. The largest absolute Gasteiger partial charge is 0.505 e. The molecule has 1 heterocycles. The van der Waals surface area contributed by atoms with Crippen LogP contribution in [0, 0.1) is 0 Å². The zero-order valence-corrected chi connectivity index (χ0v) is 10.2. The molecule has 0 radical (unpaired) electrons. The van der Waals surface area contributed by atoms with Crippen molar-refractivity contribution >= 4 is 28.8 Å². The summed E-state index contributed by atoms with van der Waals surface area (Å²) in [6.07, 6.45) is 0. The van der Waals surface area contributed by atoms with Gasteiger partial charge in [-0.05, 0) is 18.4 Å². The summed E-state index contributed by atoms with van der Waals surface area (Å²) in [5, 5.41) is 11.8. The summed E-state index contributed by atoms with van der Waals surface area (Å²) in [5.41, 5.74) is 0.546. The molecule has 0 aliphatic carbocycles. The Morgan fingerprint density at radius 1 is 1.56 bits per heavy atom. The Kier molecular flexibility index (Phi) is 4.25. The minimum atomic E-state index is -0.589. The summed E-state index contributed by atoms with van der Waals surface area (Å²) < 4.78 is 4.62. The number of ether oxygens (including phenoxy) is 1. The molecule has 5 heteroatoms. The number of aliphatic hydroxyl groups excluding tert-OH is 1. The van der Waals surface area contributed by atoms with E-state index < -0.39 is 5.97 Å². The smallest absolute Gasteiger partial charge is 0.343 e. The highest BCUT2D eigenvalue weighted by atomic mass is 32.1. The Morgan fingerprint density at radius 2 is 2.25 bits per heavy atom. The molecule has 0 bridgehead atoms. The maximum absolute atomic E-state index is 11.5. The third-order valence-electron chi connectivity index (χ3n) is 2.08. The monoisotopic (exact) mass is 239 g/mol. The van der Waals surface area contributed by atoms with E-state index in [1.807, 2.05) is 5.38 Å². The first kappa shape index (κ1) is 12.4. The average molecular weight is 239 g/mol. The van der Waals surface area contributed by atoms with Crippen LogP contribution in [0.15, 0.2) is 28.1 Å². The van der Waals surface area contributed by atoms with Gasteiger partial charge in [0.2, 0.25) is 0 Å². The first-order valence-corrected chi connectivity index (χ1v) is 5.49. The number of aliphatic imine (C=N–C) groups is 1. The van der Waals surface area contributed by atoms with E-state index in [9.17, 15) is 9.90 Å². The topological polar surface area (TPSA) is 58.9 Å². The molecule has 1 aromatic heterocycles. The molecule has 1 aromatic rings. The first-order valence-electron chi connectivity index (χ1n) is 4.61. The maximum Gasteiger partial charge on any atom is 0.343 e. The van der Waals surface area contributed by atoms with Gasteiger partial charge < -0.3 is 9.84 Å². The summed E-state index contributed by atoms with van der Waals surface area (Å²) in [6.45, 7) is 1.65. The second-order valence-electron chi connectivity index (χ2n) is 3.00. The molecule has 4 nitrogen and oxygen atoms in total. The summed E-state index contributed by atoms with van der Waals surface area (Å²) in [5.74, 6) is -0.682. The number of carbonyl (C=O) groups is 1. The van der Waals surface area contributed by atoms with Crippen LogP contribution in [0.25, 0.3) is 5.76 Å². The lowest BCUT2D eigenvalue weighted by atomic mass is 10.1. The molecule has 0 saturated carbocycles. The molecule has 0 spiro atoms. The minimum Gasteiger partial charge on any atom is -0.505 e. The van der Waals surface area contributed by atoms with Crippen molar-refractivity contribution in [2.75, 3.05) is 14.2 Å². The van der Waals surface area contributed by atoms with Crippen LogP contribution in [-0.4, -0.2) is 30.9 Å². The summed E-state index contributed by atoms with van der Waals surface area (Å²) in [6, 6.07) is 3.52. The van der Waals surface area contributed by atoms with Crippen LogP contribution in [0.5, 0.6) is 0 Å². The molecule has 1 N–H and O–H groups in total. The van der Waals surface area contributed by atoms with Crippen LogP contribution in [0.1, 0.15) is 11.8 Å². The van der Waals surface area contributed by atoms with Gasteiger partial charge in [0.1, 0.15) is 11.3 Å². The van der Waals surface area contributed by atoms with E-state index in [2.05, 4.69) is 9.73 Å². The van der Waals surface area contributed by atoms with Crippen molar-refractivity contribution in [3.63, 3.8) is 0 Å². The van der Waals surface area contributed by atoms with Crippen molar-refractivity contribution in [3.05, 3.63) is 28.0 Å². The zero-order valence-electron chi connectivity index (χ0n) is 9.35. The van der Waals surface area contributed by atoms with Crippen LogP contribution < -0.4 is 0 Å². The van der Waals surface area contributed by atoms with Gasteiger partial charge in [-0.3, -0.25) is 4.99 Å². The molecule has 0 fully saturated rings.